The Bertz CT molecular complexity index is 5000. The van der Waals surface area contributed by atoms with Crippen LogP contribution >= 0.6 is 45.3 Å². The molecule has 0 saturated carbocycles. The molecule has 12 heteroatoms. The molecule has 358 valence electrons. The van der Waals surface area contributed by atoms with Crippen LogP contribution in [0.2, 0.25) is 0 Å². The van der Waals surface area contributed by atoms with Gasteiger partial charge in [0.1, 0.15) is 15.0 Å². The van der Waals surface area contributed by atoms with E-state index in [1.807, 2.05) is 0 Å². The second-order valence-corrected chi connectivity index (χ2v) is 23.5. The van der Waals surface area contributed by atoms with E-state index in [9.17, 15) is 0 Å². The topological polar surface area (TPSA) is 71.3 Å². The third-order valence-electron chi connectivity index (χ3n) is 15.1. The summed E-state index contributed by atoms with van der Waals surface area (Å²) in [7, 11) is 0. The highest BCUT2D eigenvalue weighted by Gasteiger charge is 2.22. The SMILES string of the molecule is CCn1c2ccc(-n3c4ccc(-c5nc6ccccc6s5)cc4c4cc(-c5nc6ccccc6s5)ccc43)cc2c2cc(-n3c4ccc(-c5nc6ccccc6s5)cc4c4cn(-c5nc6ccccc6s5)cc43)ccc21. The molecule has 8 nitrogen and oxygen atoms in total. The van der Waals surface area contributed by atoms with E-state index in [0.29, 0.717) is 0 Å². The Morgan fingerprint density at radius 3 is 1.16 bits per heavy atom. The average molecular weight is 1050 g/mol. The monoisotopic (exact) mass is 1050 g/mol. The quantitative estimate of drug-likeness (QED) is 0.159. The highest BCUT2D eigenvalue weighted by Crippen LogP contribution is 2.44. The van der Waals surface area contributed by atoms with Crippen LogP contribution in [0, 0.1) is 0 Å². The van der Waals surface area contributed by atoms with E-state index in [0.717, 1.165) is 98.9 Å². The van der Waals surface area contributed by atoms with E-state index in [-0.39, 0.29) is 0 Å². The fraction of sp³-hybridized carbons (Fsp3) is 0.0312. The lowest BCUT2D eigenvalue weighted by Crippen LogP contribution is -1.96. The van der Waals surface area contributed by atoms with Crippen molar-refractivity contribution in [3.05, 3.63) is 200 Å². The van der Waals surface area contributed by atoms with Crippen molar-refractivity contribution in [2.45, 2.75) is 13.5 Å². The number of hydrogen-bond donors (Lipinski definition) is 0. The first-order valence-electron chi connectivity index (χ1n) is 25.3. The number of rotatable bonds is 7. The van der Waals surface area contributed by atoms with Crippen LogP contribution < -0.4 is 0 Å². The zero-order valence-electron chi connectivity index (χ0n) is 40.5. The molecule has 9 aromatic carbocycles. The molecule has 0 bridgehead atoms. The summed E-state index contributed by atoms with van der Waals surface area (Å²) < 4.78 is 14.3. The van der Waals surface area contributed by atoms with Gasteiger partial charge in [0.2, 0.25) is 0 Å². The number of thiazole rings is 4. The Labute approximate surface area is 448 Å². The molecule has 0 aliphatic heterocycles. The van der Waals surface area contributed by atoms with Crippen LogP contribution in [0.25, 0.3) is 155 Å². The first-order chi connectivity index (χ1) is 37.5. The average Bonchev–Trinajstić information content (AvgIpc) is 4.43. The molecule has 0 aliphatic rings. The number of fused-ring (bicyclic) bond motifs is 13. The van der Waals surface area contributed by atoms with Crippen molar-refractivity contribution in [3.63, 3.8) is 0 Å². The van der Waals surface area contributed by atoms with Gasteiger partial charge in [-0.3, -0.25) is 4.57 Å². The molecule has 0 atom stereocenters. The minimum Gasteiger partial charge on any atom is -0.341 e. The zero-order valence-corrected chi connectivity index (χ0v) is 43.7. The third kappa shape index (κ3) is 6.32. The Morgan fingerprint density at radius 2 is 0.724 bits per heavy atom. The first kappa shape index (κ1) is 42.6. The molecule has 17 rings (SSSR count). The molecule has 0 aliphatic carbocycles. The van der Waals surface area contributed by atoms with Crippen LogP contribution in [-0.4, -0.2) is 38.2 Å². The van der Waals surface area contributed by atoms with E-state index in [1.165, 1.54) is 62.2 Å². The summed E-state index contributed by atoms with van der Waals surface area (Å²) in [6.45, 7) is 3.09. The van der Waals surface area contributed by atoms with E-state index in [1.54, 1.807) is 45.3 Å². The molecular weight excluding hydrogens is 1010 g/mol. The summed E-state index contributed by atoms with van der Waals surface area (Å²) in [5.74, 6) is 0. The van der Waals surface area contributed by atoms with Crippen LogP contribution in [-0.2, 0) is 6.54 Å². The molecule has 0 unspecified atom stereocenters. The summed E-state index contributed by atoms with van der Waals surface area (Å²) >= 11 is 6.94. The minimum absolute atomic E-state index is 0.841. The normalized spacial score (nSPS) is 12.3. The van der Waals surface area contributed by atoms with Gasteiger partial charge in [0.05, 0.1) is 62.9 Å². The van der Waals surface area contributed by atoms with Gasteiger partial charge in [-0.15, -0.1) is 34.0 Å². The number of aromatic nitrogens is 8. The molecule has 76 heavy (non-hydrogen) atoms. The Kier molecular flexibility index (Phi) is 9.02. The molecule has 0 fully saturated rings. The van der Waals surface area contributed by atoms with Gasteiger partial charge in [-0.25, -0.2) is 19.9 Å². The van der Waals surface area contributed by atoms with Gasteiger partial charge < -0.3 is 13.7 Å². The Morgan fingerprint density at radius 1 is 0.342 bits per heavy atom. The van der Waals surface area contributed by atoms with Crippen molar-refractivity contribution in [1.29, 1.82) is 0 Å². The summed E-state index contributed by atoms with van der Waals surface area (Å²) in [5, 5.41) is 11.1. The predicted octanol–water partition coefficient (Wildman–Crippen LogP) is 18.2. The van der Waals surface area contributed by atoms with Crippen LogP contribution in [0.5, 0.6) is 0 Å². The maximum Gasteiger partial charge on any atom is 0.194 e. The Hall–Kier alpha value is -8.78. The number of nitrogens with zero attached hydrogens (tertiary/aromatic N) is 8. The largest absolute Gasteiger partial charge is 0.341 e. The van der Waals surface area contributed by atoms with E-state index in [4.69, 9.17) is 19.9 Å². The molecule has 8 aromatic heterocycles. The minimum atomic E-state index is 0.841. The molecule has 0 saturated heterocycles. The number of hydrogen-bond acceptors (Lipinski definition) is 8. The highest BCUT2D eigenvalue weighted by atomic mass is 32.1. The molecule has 0 spiro atoms. The third-order valence-corrected chi connectivity index (χ3v) is 19.4. The zero-order chi connectivity index (χ0) is 49.8. The molecule has 0 N–H and O–H groups in total. The van der Waals surface area contributed by atoms with Crippen LogP contribution in [0.15, 0.2) is 200 Å². The number of benzene rings is 9. The fourth-order valence-corrected chi connectivity index (χ4v) is 15.5. The lowest BCUT2D eigenvalue weighted by atomic mass is 10.1. The van der Waals surface area contributed by atoms with Gasteiger partial charge in [0.15, 0.2) is 5.13 Å². The summed E-state index contributed by atoms with van der Waals surface area (Å²) in [5.41, 5.74) is 16.6. The summed E-state index contributed by atoms with van der Waals surface area (Å²) in [6.07, 6.45) is 4.52. The summed E-state index contributed by atoms with van der Waals surface area (Å²) in [6, 6.07) is 68.2. The van der Waals surface area contributed by atoms with Crippen LogP contribution in [0.3, 0.4) is 0 Å². The standard InChI is InChI=1S/C64H38N8S4/c1-2-70-51-27-22-39(71-53-24-19-36(61-65-47-11-3-7-15-57(47)73-61)29-41(53)42-30-37(20-25-54(42)71)62-66-48-12-4-8-16-58(48)74-62)32-44(51)45-33-40(23-28-52(45)70)72-55-26-21-38(63-67-49-13-5-9-17-59(49)75-63)31-43(55)46-34-69(35-56(46)72)64-68-50-14-6-10-18-60(50)76-64/h3-35H,2H2,1H3. The van der Waals surface area contributed by atoms with Crippen molar-refractivity contribution >= 4 is 152 Å². The smallest absolute Gasteiger partial charge is 0.194 e. The van der Waals surface area contributed by atoms with Gasteiger partial charge in [-0.1, -0.05) is 59.9 Å². The highest BCUT2D eigenvalue weighted by molar-refractivity contribution is 7.22. The van der Waals surface area contributed by atoms with Gasteiger partial charge in [0, 0.05) is 90.4 Å². The fourth-order valence-electron chi connectivity index (χ4n) is 11.7. The van der Waals surface area contributed by atoms with Crippen LogP contribution in [0.4, 0.5) is 0 Å². The van der Waals surface area contributed by atoms with Gasteiger partial charge in [0.25, 0.3) is 0 Å². The van der Waals surface area contributed by atoms with E-state index < -0.39 is 0 Å². The van der Waals surface area contributed by atoms with Crippen molar-refractivity contribution < 1.29 is 0 Å². The molecular formula is C64H38N8S4. The maximum absolute atomic E-state index is 5.10. The lowest BCUT2D eigenvalue weighted by Gasteiger charge is -2.10. The number of aryl methyl sites for hydroxylation is 1. The van der Waals surface area contributed by atoms with Crippen molar-refractivity contribution in [3.8, 4) is 48.2 Å². The lowest BCUT2D eigenvalue weighted by molar-refractivity contribution is 0.827. The number of para-hydroxylation sites is 4. The second-order valence-electron chi connectivity index (χ2n) is 19.4. The molecule has 0 amide bonds. The van der Waals surface area contributed by atoms with E-state index >= 15 is 0 Å². The van der Waals surface area contributed by atoms with Crippen molar-refractivity contribution in [2.75, 3.05) is 0 Å². The van der Waals surface area contributed by atoms with Crippen LogP contribution in [0.1, 0.15) is 6.92 Å². The summed E-state index contributed by atoms with van der Waals surface area (Å²) in [4.78, 5) is 20.4. The van der Waals surface area contributed by atoms with Crippen molar-refractivity contribution in [2.24, 2.45) is 0 Å². The predicted molar refractivity (Wildman–Crippen MR) is 322 cm³/mol. The van der Waals surface area contributed by atoms with Crippen molar-refractivity contribution in [1.82, 2.24) is 38.2 Å². The van der Waals surface area contributed by atoms with Gasteiger partial charge in [-0.05, 0) is 146 Å². The first-order valence-corrected chi connectivity index (χ1v) is 28.6. The Balaban J connectivity index is 0.863. The van der Waals surface area contributed by atoms with E-state index in [2.05, 4.69) is 226 Å². The molecule has 17 aromatic rings. The van der Waals surface area contributed by atoms with Gasteiger partial charge >= 0.3 is 0 Å². The molecule has 8 heterocycles. The van der Waals surface area contributed by atoms with Gasteiger partial charge in [-0.2, -0.15) is 0 Å². The maximum atomic E-state index is 5.10. The second kappa shape index (κ2) is 16.1. The molecule has 0 radical (unpaired) electrons.